The maximum Gasteiger partial charge on any atom is 0.270 e. The highest BCUT2D eigenvalue weighted by atomic mass is 16.3. The third kappa shape index (κ3) is 2.16. The van der Waals surface area contributed by atoms with Crippen molar-refractivity contribution in [2.24, 2.45) is 0 Å². The van der Waals surface area contributed by atoms with Gasteiger partial charge in [0.1, 0.15) is 12.0 Å². The summed E-state index contributed by atoms with van der Waals surface area (Å²) < 4.78 is 5.40. The van der Waals surface area contributed by atoms with Gasteiger partial charge in [-0.3, -0.25) is 4.79 Å². The number of aromatic nitrogens is 1. The van der Waals surface area contributed by atoms with Crippen LogP contribution in [0.1, 0.15) is 42.2 Å². The average Bonchev–Trinajstić information content (AvgIpc) is 3.23. The fourth-order valence-corrected chi connectivity index (χ4v) is 3.51. The number of pyridine rings is 1. The van der Waals surface area contributed by atoms with E-state index >= 15 is 0 Å². The first-order valence-corrected chi connectivity index (χ1v) is 7.61. The number of furan rings is 1. The van der Waals surface area contributed by atoms with Crippen LogP contribution in [0.2, 0.25) is 0 Å². The van der Waals surface area contributed by atoms with E-state index in [1.807, 2.05) is 0 Å². The van der Waals surface area contributed by atoms with Crippen molar-refractivity contribution in [3.63, 3.8) is 0 Å². The molecular formula is C17H17N3O2. The molecule has 4 rings (SSSR count). The van der Waals surface area contributed by atoms with Crippen molar-refractivity contribution in [2.45, 2.75) is 44.3 Å². The Kier molecular flexibility index (Phi) is 3.12. The van der Waals surface area contributed by atoms with E-state index in [9.17, 15) is 4.79 Å². The van der Waals surface area contributed by atoms with E-state index in [0.29, 0.717) is 23.4 Å². The monoisotopic (exact) mass is 295 g/mol. The molecule has 112 valence electrons. The second kappa shape index (κ2) is 5.15. The van der Waals surface area contributed by atoms with Crippen LogP contribution < -0.4 is 10.6 Å². The Hall–Kier alpha value is -2.32. The van der Waals surface area contributed by atoms with E-state index in [1.54, 1.807) is 25.5 Å². The molecule has 1 amide bonds. The Morgan fingerprint density at radius 2 is 2.41 bits per heavy atom. The standard InChI is InChI=1S/C17H17N3O2/c1-2-3-10-9-22-16-8-18-15(7-12(10)16)17(21)20-14-6-11-4-5-13(14)19-11/h7-9,11,13-14,19H,4-6H2,1H3,(H,20,21)/t11-,13+,14-/m1/s1. The summed E-state index contributed by atoms with van der Waals surface area (Å²) in [6.45, 7) is 1.77. The molecule has 22 heavy (non-hydrogen) atoms. The molecule has 2 aromatic heterocycles. The van der Waals surface area contributed by atoms with Gasteiger partial charge in [-0.1, -0.05) is 5.92 Å². The molecule has 0 aromatic carbocycles. The highest BCUT2D eigenvalue weighted by Crippen LogP contribution is 2.28. The predicted molar refractivity (Wildman–Crippen MR) is 82.4 cm³/mol. The first-order valence-electron chi connectivity index (χ1n) is 7.61. The van der Waals surface area contributed by atoms with Crippen LogP contribution in [0.3, 0.4) is 0 Å². The molecule has 2 aliphatic rings. The molecule has 0 unspecified atom stereocenters. The van der Waals surface area contributed by atoms with Crippen molar-refractivity contribution in [1.82, 2.24) is 15.6 Å². The van der Waals surface area contributed by atoms with E-state index < -0.39 is 0 Å². The predicted octanol–water partition coefficient (Wildman–Crippen LogP) is 1.82. The lowest BCUT2D eigenvalue weighted by Gasteiger charge is -2.21. The van der Waals surface area contributed by atoms with Crippen molar-refractivity contribution in [3.8, 4) is 11.8 Å². The summed E-state index contributed by atoms with van der Waals surface area (Å²) in [5, 5.41) is 7.46. The molecule has 3 atom stereocenters. The maximum absolute atomic E-state index is 12.4. The van der Waals surface area contributed by atoms with Gasteiger partial charge in [-0.25, -0.2) is 4.98 Å². The van der Waals surface area contributed by atoms with Gasteiger partial charge >= 0.3 is 0 Å². The Morgan fingerprint density at radius 1 is 1.50 bits per heavy atom. The molecule has 2 N–H and O–H groups in total. The number of amides is 1. The maximum atomic E-state index is 12.4. The topological polar surface area (TPSA) is 67.2 Å². The van der Waals surface area contributed by atoms with E-state index in [0.717, 1.165) is 23.8 Å². The zero-order valence-corrected chi connectivity index (χ0v) is 12.3. The van der Waals surface area contributed by atoms with Gasteiger partial charge in [0, 0.05) is 23.5 Å². The quantitative estimate of drug-likeness (QED) is 0.829. The molecule has 2 saturated heterocycles. The van der Waals surface area contributed by atoms with Crippen LogP contribution in [0.4, 0.5) is 0 Å². The normalized spacial score (nSPS) is 26.0. The Labute approximate surface area is 128 Å². The second-order valence-corrected chi connectivity index (χ2v) is 5.95. The lowest BCUT2D eigenvalue weighted by Crippen LogP contribution is -2.43. The Bertz CT molecular complexity index is 799. The molecule has 0 spiro atoms. The van der Waals surface area contributed by atoms with Crippen molar-refractivity contribution >= 4 is 16.9 Å². The molecule has 5 nitrogen and oxygen atoms in total. The summed E-state index contributed by atoms with van der Waals surface area (Å²) in [7, 11) is 0. The lowest BCUT2D eigenvalue weighted by atomic mass is 9.95. The summed E-state index contributed by atoms with van der Waals surface area (Å²) in [6.07, 6.45) is 6.56. The third-order valence-corrected chi connectivity index (χ3v) is 4.57. The molecule has 0 radical (unpaired) electrons. The van der Waals surface area contributed by atoms with Crippen molar-refractivity contribution < 1.29 is 9.21 Å². The molecule has 2 aliphatic heterocycles. The van der Waals surface area contributed by atoms with Crippen LogP contribution in [-0.2, 0) is 0 Å². The van der Waals surface area contributed by atoms with Gasteiger partial charge in [-0.2, -0.15) is 0 Å². The largest absolute Gasteiger partial charge is 0.461 e. The number of nitrogens with zero attached hydrogens (tertiary/aromatic N) is 1. The molecule has 2 bridgehead atoms. The lowest BCUT2D eigenvalue weighted by molar-refractivity contribution is 0.0926. The van der Waals surface area contributed by atoms with Gasteiger partial charge in [0.2, 0.25) is 0 Å². The highest BCUT2D eigenvalue weighted by molar-refractivity contribution is 5.97. The fourth-order valence-electron chi connectivity index (χ4n) is 3.51. The zero-order chi connectivity index (χ0) is 15.1. The molecule has 4 heterocycles. The van der Waals surface area contributed by atoms with Gasteiger partial charge in [0.15, 0.2) is 5.58 Å². The summed E-state index contributed by atoms with van der Waals surface area (Å²) in [6, 6.07) is 2.94. The molecule has 5 heteroatoms. The van der Waals surface area contributed by atoms with Gasteiger partial charge in [0.25, 0.3) is 5.91 Å². The molecular weight excluding hydrogens is 278 g/mol. The van der Waals surface area contributed by atoms with E-state index in [2.05, 4.69) is 27.5 Å². The number of hydrogen-bond acceptors (Lipinski definition) is 4. The molecule has 0 aliphatic carbocycles. The zero-order valence-electron chi connectivity index (χ0n) is 12.3. The Morgan fingerprint density at radius 3 is 3.14 bits per heavy atom. The minimum Gasteiger partial charge on any atom is -0.461 e. The number of fused-ring (bicyclic) bond motifs is 3. The number of carbonyl (C=O) groups is 1. The Balaban J connectivity index is 1.58. The molecule has 0 saturated carbocycles. The average molecular weight is 295 g/mol. The smallest absolute Gasteiger partial charge is 0.270 e. The summed E-state index contributed by atoms with van der Waals surface area (Å²) in [4.78, 5) is 16.7. The van der Waals surface area contributed by atoms with Gasteiger partial charge < -0.3 is 15.1 Å². The SMILES string of the molecule is CC#Cc1coc2cnc(C(=O)N[C@@H]3C[C@H]4CC[C@@H]3N4)cc12. The summed E-state index contributed by atoms with van der Waals surface area (Å²) >= 11 is 0. The first kappa shape index (κ1) is 13.4. The van der Waals surface area contributed by atoms with Crippen molar-refractivity contribution in [3.05, 3.63) is 29.8 Å². The number of nitrogens with one attached hydrogen (secondary N) is 2. The minimum absolute atomic E-state index is 0.127. The van der Waals surface area contributed by atoms with E-state index in [1.165, 1.54) is 6.42 Å². The molecule has 2 fully saturated rings. The van der Waals surface area contributed by atoms with E-state index in [4.69, 9.17) is 4.42 Å². The number of carbonyl (C=O) groups excluding carboxylic acids is 1. The van der Waals surface area contributed by atoms with Crippen molar-refractivity contribution in [2.75, 3.05) is 0 Å². The number of rotatable bonds is 2. The molecule has 2 aromatic rings. The summed E-state index contributed by atoms with van der Waals surface area (Å²) in [5.74, 6) is 5.70. The third-order valence-electron chi connectivity index (χ3n) is 4.57. The van der Waals surface area contributed by atoms with Gasteiger partial charge in [0.05, 0.1) is 11.8 Å². The van der Waals surface area contributed by atoms with Gasteiger partial charge in [-0.15, -0.1) is 5.92 Å². The van der Waals surface area contributed by atoms with Crippen LogP contribution in [0.15, 0.2) is 22.9 Å². The van der Waals surface area contributed by atoms with Crippen LogP contribution in [0.25, 0.3) is 11.0 Å². The number of hydrogen-bond donors (Lipinski definition) is 2. The van der Waals surface area contributed by atoms with Crippen molar-refractivity contribution in [1.29, 1.82) is 0 Å². The van der Waals surface area contributed by atoms with Crippen LogP contribution in [-0.4, -0.2) is 29.0 Å². The van der Waals surface area contributed by atoms with Gasteiger partial charge in [-0.05, 0) is 32.3 Å². The minimum atomic E-state index is -0.127. The highest BCUT2D eigenvalue weighted by Gasteiger charge is 2.39. The first-order chi connectivity index (χ1) is 10.7. The van der Waals surface area contributed by atoms with Crippen LogP contribution >= 0.6 is 0 Å². The van der Waals surface area contributed by atoms with Crippen LogP contribution in [0, 0.1) is 11.8 Å². The summed E-state index contributed by atoms with van der Waals surface area (Å²) in [5.41, 5.74) is 1.85. The second-order valence-electron chi connectivity index (χ2n) is 5.95. The van der Waals surface area contributed by atoms with Crippen LogP contribution in [0.5, 0.6) is 0 Å². The van der Waals surface area contributed by atoms with E-state index in [-0.39, 0.29) is 11.9 Å². The fraction of sp³-hybridized carbons (Fsp3) is 0.412.